The van der Waals surface area contributed by atoms with Gasteiger partial charge in [-0.3, -0.25) is 4.79 Å². The third kappa shape index (κ3) is 3.60. The van der Waals surface area contributed by atoms with E-state index in [9.17, 15) is 9.59 Å². The molecular formula is C19H16ClN3O3. The van der Waals surface area contributed by atoms with Crippen molar-refractivity contribution >= 4 is 23.3 Å². The van der Waals surface area contributed by atoms with Gasteiger partial charge in [0.05, 0.1) is 30.2 Å². The molecule has 0 atom stereocenters. The average molecular weight is 370 g/mol. The summed E-state index contributed by atoms with van der Waals surface area (Å²) in [6, 6.07) is 16.3. The summed E-state index contributed by atoms with van der Waals surface area (Å²) in [6.45, 7) is 0.504. The first kappa shape index (κ1) is 17.7. The van der Waals surface area contributed by atoms with Crippen LogP contribution in [0.25, 0.3) is 5.69 Å². The van der Waals surface area contributed by atoms with Gasteiger partial charge >= 0.3 is 5.97 Å². The number of nitrogens with zero attached hydrogens (tertiary/aromatic N) is 2. The SMILES string of the molecule is COC(=O)c1ccccc1-n1ncc(NCc2ccccc2)c(Cl)c1=O. The molecule has 0 saturated heterocycles. The highest BCUT2D eigenvalue weighted by molar-refractivity contribution is 6.32. The van der Waals surface area contributed by atoms with E-state index in [0.29, 0.717) is 17.9 Å². The molecule has 0 aliphatic carbocycles. The van der Waals surface area contributed by atoms with Crippen molar-refractivity contribution < 1.29 is 9.53 Å². The molecule has 0 unspecified atom stereocenters. The highest BCUT2D eigenvalue weighted by Crippen LogP contribution is 2.19. The molecule has 1 heterocycles. The Bertz CT molecular complexity index is 987. The molecule has 0 aliphatic heterocycles. The van der Waals surface area contributed by atoms with Crippen LogP contribution < -0.4 is 10.9 Å². The molecular weight excluding hydrogens is 354 g/mol. The van der Waals surface area contributed by atoms with Crippen molar-refractivity contribution in [1.29, 1.82) is 0 Å². The average Bonchev–Trinajstić information content (AvgIpc) is 2.69. The Labute approximate surface area is 155 Å². The number of ether oxygens (including phenoxy) is 1. The number of rotatable bonds is 5. The summed E-state index contributed by atoms with van der Waals surface area (Å²) in [5.41, 5.74) is 1.48. The molecule has 0 bridgehead atoms. The van der Waals surface area contributed by atoms with E-state index in [4.69, 9.17) is 16.3 Å². The van der Waals surface area contributed by atoms with E-state index < -0.39 is 11.5 Å². The number of methoxy groups -OCH3 is 1. The van der Waals surface area contributed by atoms with Crippen molar-refractivity contribution in [2.75, 3.05) is 12.4 Å². The van der Waals surface area contributed by atoms with Gasteiger partial charge in [-0.2, -0.15) is 9.78 Å². The van der Waals surface area contributed by atoms with Crippen LogP contribution in [-0.2, 0) is 11.3 Å². The maximum absolute atomic E-state index is 12.6. The molecule has 0 aliphatic rings. The molecule has 0 radical (unpaired) electrons. The lowest BCUT2D eigenvalue weighted by Crippen LogP contribution is -2.24. The fourth-order valence-electron chi connectivity index (χ4n) is 2.46. The second kappa shape index (κ2) is 7.84. The van der Waals surface area contributed by atoms with Gasteiger partial charge in [0.15, 0.2) is 0 Å². The highest BCUT2D eigenvalue weighted by Gasteiger charge is 2.17. The minimum Gasteiger partial charge on any atom is -0.465 e. The molecule has 0 spiro atoms. The standard InChI is InChI=1S/C19H16ClN3O3/c1-26-19(25)14-9-5-6-10-16(14)23-18(24)17(20)15(12-22-23)21-11-13-7-3-2-4-8-13/h2-10,12,21H,11H2,1H3. The lowest BCUT2D eigenvalue weighted by molar-refractivity contribution is 0.0600. The molecule has 7 heteroatoms. The van der Waals surface area contributed by atoms with E-state index in [1.807, 2.05) is 30.3 Å². The van der Waals surface area contributed by atoms with Gasteiger partial charge in [0, 0.05) is 6.54 Å². The Kier molecular flexibility index (Phi) is 5.34. The number of para-hydroxylation sites is 1. The number of nitrogens with one attached hydrogen (secondary N) is 1. The molecule has 132 valence electrons. The summed E-state index contributed by atoms with van der Waals surface area (Å²) in [5, 5.41) is 7.24. The van der Waals surface area contributed by atoms with Gasteiger partial charge in [-0.1, -0.05) is 54.1 Å². The second-order valence-electron chi connectivity index (χ2n) is 5.44. The van der Waals surface area contributed by atoms with Crippen LogP contribution in [-0.4, -0.2) is 22.9 Å². The molecule has 0 fully saturated rings. The summed E-state index contributed by atoms with van der Waals surface area (Å²) in [4.78, 5) is 24.6. The first-order valence-electron chi connectivity index (χ1n) is 7.85. The third-order valence-electron chi connectivity index (χ3n) is 3.78. The molecule has 0 saturated carbocycles. The van der Waals surface area contributed by atoms with Gasteiger partial charge in [-0.25, -0.2) is 4.79 Å². The third-order valence-corrected chi connectivity index (χ3v) is 4.15. The van der Waals surface area contributed by atoms with Gasteiger partial charge in [-0.15, -0.1) is 0 Å². The molecule has 1 aromatic heterocycles. The smallest absolute Gasteiger partial charge is 0.340 e. The first-order valence-corrected chi connectivity index (χ1v) is 8.23. The zero-order valence-electron chi connectivity index (χ0n) is 14.0. The number of anilines is 1. The van der Waals surface area contributed by atoms with Crippen LogP contribution in [0, 0.1) is 0 Å². The Morgan fingerprint density at radius 2 is 1.85 bits per heavy atom. The molecule has 3 rings (SSSR count). The van der Waals surface area contributed by atoms with E-state index in [0.717, 1.165) is 10.2 Å². The number of hydrogen-bond acceptors (Lipinski definition) is 5. The van der Waals surface area contributed by atoms with Crippen LogP contribution in [0.15, 0.2) is 65.6 Å². The largest absolute Gasteiger partial charge is 0.465 e. The summed E-state index contributed by atoms with van der Waals surface area (Å²) < 4.78 is 5.84. The lowest BCUT2D eigenvalue weighted by atomic mass is 10.2. The zero-order valence-corrected chi connectivity index (χ0v) is 14.7. The maximum Gasteiger partial charge on any atom is 0.340 e. The number of halogens is 1. The Morgan fingerprint density at radius 1 is 1.15 bits per heavy atom. The minimum absolute atomic E-state index is 0.00407. The predicted molar refractivity (Wildman–Crippen MR) is 100.0 cm³/mol. The Hall–Kier alpha value is -3.12. The van der Waals surface area contributed by atoms with Crippen LogP contribution in [0.5, 0.6) is 0 Å². The van der Waals surface area contributed by atoms with Crippen LogP contribution in [0.2, 0.25) is 5.02 Å². The monoisotopic (exact) mass is 369 g/mol. The topological polar surface area (TPSA) is 73.2 Å². The lowest BCUT2D eigenvalue weighted by Gasteiger charge is -2.12. The fourth-order valence-corrected chi connectivity index (χ4v) is 2.66. The fraction of sp³-hybridized carbons (Fsp3) is 0.105. The van der Waals surface area contributed by atoms with E-state index in [-0.39, 0.29) is 10.6 Å². The van der Waals surface area contributed by atoms with Crippen molar-refractivity contribution in [3.63, 3.8) is 0 Å². The van der Waals surface area contributed by atoms with Gasteiger partial charge < -0.3 is 10.1 Å². The second-order valence-corrected chi connectivity index (χ2v) is 5.82. The quantitative estimate of drug-likeness (QED) is 0.699. The van der Waals surface area contributed by atoms with Gasteiger partial charge in [-0.05, 0) is 17.7 Å². The van der Waals surface area contributed by atoms with Crippen LogP contribution in [0.1, 0.15) is 15.9 Å². The number of aromatic nitrogens is 2. The summed E-state index contributed by atoms with van der Waals surface area (Å²) >= 11 is 6.23. The van der Waals surface area contributed by atoms with Crippen molar-refractivity contribution in [3.8, 4) is 5.69 Å². The predicted octanol–water partition coefficient (Wildman–Crippen LogP) is 3.28. The number of carbonyl (C=O) groups is 1. The van der Waals surface area contributed by atoms with Crippen LogP contribution >= 0.6 is 11.6 Å². The Balaban J connectivity index is 1.94. The number of hydrogen-bond donors (Lipinski definition) is 1. The minimum atomic E-state index is -0.559. The van der Waals surface area contributed by atoms with E-state index in [1.54, 1.807) is 24.3 Å². The van der Waals surface area contributed by atoms with Crippen molar-refractivity contribution in [2.45, 2.75) is 6.54 Å². The van der Waals surface area contributed by atoms with Crippen LogP contribution in [0.3, 0.4) is 0 Å². The van der Waals surface area contributed by atoms with Crippen molar-refractivity contribution in [2.24, 2.45) is 0 Å². The van der Waals surface area contributed by atoms with Gasteiger partial charge in [0.1, 0.15) is 5.02 Å². The molecule has 3 aromatic rings. The normalized spacial score (nSPS) is 10.4. The molecule has 1 N–H and O–H groups in total. The summed E-state index contributed by atoms with van der Waals surface area (Å²) in [7, 11) is 1.28. The highest BCUT2D eigenvalue weighted by atomic mass is 35.5. The number of carbonyl (C=O) groups excluding carboxylic acids is 1. The maximum atomic E-state index is 12.6. The molecule has 0 amide bonds. The molecule has 2 aromatic carbocycles. The van der Waals surface area contributed by atoms with Gasteiger partial charge in [0.2, 0.25) is 0 Å². The zero-order chi connectivity index (χ0) is 18.5. The van der Waals surface area contributed by atoms with Crippen molar-refractivity contribution in [3.05, 3.63) is 87.3 Å². The Morgan fingerprint density at radius 3 is 2.58 bits per heavy atom. The van der Waals surface area contributed by atoms with E-state index in [1.165, 1.54) is 13.3 Å². The molecule has 26 heavy (non-hydrogen) atoms. The van der Waals surface area contributed by atoms with Crippen LogP contribution in [0.4, 0.5) is 5.69 Å². The summed E-state index contributed by atoms with van der Waals surface area (Å²) in [6.07, 6.45) is 1.46. The first-order chi connectivity index (χ1) is 12.6. The van der Waals surface area contributed by atoms with Gasteiger partial charge in [0.25, 0.3) is 5.56 Å². The summed E-state index contributed by atoms with van der Waals surface area (Å²) in [5.74, 6) is -0.559. The molecule has 6 nitrogen and oxygen atoms in total. The van der Waals surface area contributed by atoms with E-state index >= 15 is 0 Å². The van der Waals surface area contributed by atoms with E-state index in [2.05, 4.69) is 10.4 Å². The number of esters is 1. The number of benzene rings is 2. The van der Waals surface area contributed by atoms with Crippen molar-refractivity contribution in [1.82, 2.24) is 9.78 Å².